The minimum atomic E-state index is 0.254. The summed E-state index contributed by atoms with van der Waals surface area (Å²) in [5.74, 6) is 1.88. The highest BCUT2D eigenvalue weighted by Crippen LogP contribution is 2.18. The molecule has 2 N–H and O–H groups in total. The fourth-order valence-electron chi connectivity index (χ4n) is 2.96. The van der Waals surface area contributed by atoms with Crippen LogP contribution in [0, 0.1) is 5.92 Å². The quantitative estimate of drug-likeness (QED) is 0.807. The molecule has 1 aromatic carbocycles. The molecule has 0 saturated carbocycles. The molecule has 1 aromatic heterocycles. The van der Waals surface area contributed by atoms with Crippen LogP contribution in [0.3, 0.4) is 0 Å². The number of aliphatic hydroxyl groups is 1. The van der Waals surface area contributed by atoms with Crippen molar-refractivity contribution < 1.29 is 9.52 Å². The van der Waals surface area contributed by atoms with Gasteiger partial charge < -0.3 is 19.7 Å². The minimum Gasteiger partial charge on any atom is -0.419 e. The molecule has 6 heteroatoms. The van der Waals surface area contributed by atoms with Crippen molar-refractivity contribution in [1.82, 2.24) is 20.4 Å². The van der Waals surface area contributed by atoms with Gasteiger partial charge >= 0.3 is 0 Å². The first kappa shape index (κ1) is 16.1. The molecule has 2 aromatic rings. The summed E-state index contributed by atoms with van der Waals surface area (Å²) in [5, 5.41) is 20.6. The first-order valence-corrected chi connectivity index (χ1v) is 8.27. The van der Waals surface area contributed by atoms with Crippen LogP contribution in [-0.4, -0.2) is 53.0 Å². The number of hydrogen-bond donors (Lipinski definition) is 2. The van der Waals surface area contributed by atoms with Crippen molar-refractivity contribution in [2.75, 3.05) is 32.8 Å². The Hall–Kier alpha value is -1.76. The van der Waals surface area contributed by atoms with Gasteiger partial charge in [0.15, 0.2) is 0 Å². The molecule has 1 aliphatic heterocycles. The summed E-state index contributed by atoms with van der Waals surface area (Å²) in [5.41, 5.74) is 0.947. The summed E-state index contributed by atoms with van der Waals surface area (Å²) in [6, 6.07) is 9.81. The first-order valence-electron chi connectivity index (χ1n) is 8.27. The number of aromatic nitrogens is 2. The third-order valence-corrected chi connectivity index (χ3v) is 4.32. The molecule has 0 spiro atoms. The van der Waals surface area contributed by atoms with Crippen molar-refractivity contribution in [3.63, 3.8) is 0 Å². The molecule has 124 valence electrons. The van der Waals surface area contributed by atoms with Crippen molar-refractivity contribution >= 4 is 0 Å². The van der Waals surface area contributed by atoms with Crippen molar-refractivity contribution in [2.45, 2.75) is 19.4 Å². The van der Waals surface area contributed by atoms with E-state index in [1.807, 2.05) is 30.3 Å². The molecule has 0 aliphatic carbocycles. The number of nitrogens with zero attached hydrogens (tertiary/aromatic N) is 3. The van der Waals surface area contributed by atoms with Gasteiger partial charge in [0.25, 0.3) is 0 Å². The van der Waals surface area contributed by atoms with Crippen molar-refractivity contribution in [1.29, 1.82) is 0 Å². The third-order valence-electron chi connectivity index (χ3n) is 4.32. The number of benzene rings is 1. The Labute approximate surface area is 136 Å². The maximum absolute atomic E-state index is 8.96. The zero-order valence-corrected chi connectivity index (χ0v) is 13.3. The van der Waals surface area contributed by atoms with Gasteiger partial charge in [-0.05, 0) is 50.5 Å². The van der Waals surface area contributed by atoms with E-state index >= 15 is 0 Å². The van der Waals surface area contributed by atoms with Gasteiger partial charge in [-0.3, -0.25) is 0 Å². The van der Waals surface area contributed by atoms with Gasteiger partial charge in [-0.25, -0.2) is 0 Å². The summed E-state index contributed by atoms with van der Waals surface area (Å²) >= 11 is 0. The van der Waals surface area contributed by atoms with Gasteiger partial charge in [0.05, 0.1) is 13.2 Å². The van der Waals surface area contributed by atoms with E-state index < -0.39 is 0 Å². The second-order valence-corrected chi connectivity index (χ2v) is 6.01. The van der Waals surface area contributed by atoms with Crippen molar-refractivity contribution in [2.24, 2.45) is 5.92 Å². The van der Waals surface area contributed by atoms with Gasteiger partial charge in [-0.15, -0.1) is 10.2 Å². The predicted octanol–water partition coefficient (Wildman–Crippen LogP) is 1.53. The van der Waals surface area contributed by atoms with Crippen LogP contribution in [0.1, 0.15) is 18.7 Å². The molecule has 3 rings (SSSR count). The fraction of sp³-hybridized carbons (Fsp3) is 0.529. The van der Waals surface area contributed by atoms with Crippen LogP contribution in [0.5, 0.6) is 0 Å². The zero-order valence-electron chi connectivity index (χ0n) is 13.3. The van der Waals surface area contributed by atoms with E-state index in [4.69, 9.17) is 9.52 Å². The zero-order chi connectivity index (χ0) is 15.9. The van der Waals surface area contributed by atoms with E-state index in [-0.39, 0.29) is 6.61 Å². The SMILES string of the molecule is OCCN1CCC(CNCc2nnc(-c3ccccc3)o2)CC1. The lowest BCUT2D eigenvalue weighted by atomic mass is 9.97. The Morgan fingerprint density at radius 2 is 1.96 bits per heavy atom. The molecule has 23 heavy (non-hydrogen) atoms. The normalized spacial score (nSPS) is 16.7. The summed E-state index contributed by atoms with van der Waals surface area (Å²) < 4.78 is 5.69. The van der Waals surface area contributed by atoms with Crippen molar-refractivity contribution in [3.05, 3.63) is 36.2 Å². The molecule has 1 fully saturated rings. The van der Waals surface area contributed by atoms with Crippen LogP contribution in [0.25, 0.3) is 11.5 Å². The number of nitrogens with one attached hydrogen (secondary N) is 1. The number of rotatable bonds is 7. The predicted molar refractivity (Wildman–Crippen MR) is 87.7 cm³/mol. The van der Waals surface area contributed by atoms with E-state index in [2.05, 4.69) is 20.4 Å². The van der Waals surface area contributed by atoms with E-state index in [1.54, 1.807) is 0 Å². The lowest BCUT2D eigenvalue weighted by molar-refractivity contribution is 0.146. The summed E-state index contributed by atoms with van der Waals surface area (Å²) in [4.78, 5) is 2.32. The molecule has 6 nitrogen and oxygen atoms in total. The minimum absolute atomic E-state index is 0.254. The molecular formula is C17H24N4O2. The smallest absolute Gasteiger partial charge is 0.247 e. The topological polar surface area (TPSA) is 74.4 Å². The Balaban J connectivity index is 1.41. The highest BCUT2D eigenvalue weighted by atomic mass is 16.4. The monoisotopic (exact) mass is 316 g/mol. The lowest BCUT2D eigenvalue weighted by Crippen LogP contribution is -2.38. The number of piperidine rings is 1. The maximum Gasteiger partial charge on any atom is 0.247 e. The first-order chi connectivity index (χ1) is 11.3. The van der Waals surface area contributed by atoms with Crippen LogP contribution in [-0.2, 0) is 6.54 Å². The molecule has 2 heterocycles. The fourth-order valence-corrected chi connectivity index (χ4v) is 2.96. The Bertz CT molecular complexity index is 579. The highest BCUT2D eigenvalue weighted by Gasteiger charge is 2.18. The van der Waals surface area contributed by atoms with Gasteiger partial charge in [0.2, 0.25) is 11.8 Å². The lowest BCUT2D eigenvalue weighted by Gasteiger charge is -2.31. The average Bonchev–Trinajstić information content (AvgIpc) is 3.06. The van der Waals surface area contributed by atoms with Crippen LogP contribution >= 0.6 is 0 Å². The number of hydrogen-bond acceptors (Lipinski definition) is 6. The van der Waals surface area contributed by atoms with E-state index in [1.165, 1.54) is 12.8 Å². The molecule has 0 atom stereocenters. The highest BCUT2D eigenvalue weighted by molar-refractivity contribution is 5.51. The Morgan fingerprint density at radius 1 is 1.17 bits per heavy atom. The number of aliphatic hydroxyl groups excluding tert-OH is 1. The van der Waals surface area contributed by atoms with E-state index in [9.17, 15) is 0 Å². The van der Waals surface area contributed by atoms with E-state index in [0.29, 0.717) is 24.2 Å². The van der Waals surface area contributed by atoms with Crippen LogP contribution in [0.15, 0.2) is 34.7 Å². The largest absolute Gasteiger partial charge is 0.419 e. The third kappa shape index (κ3) is 4.60. The van der Waals surface area contributed by atoms with Gasteiger partial charge in [0.1, 0.15) is 0 Å². The van der Waals surface area contributed by atoms with Gasteiger partial charge in [-0.1, -0.05) is 18.2 Å². The molecule has 0 amide bonds. The van der Waals surface area contributed by atoms with Crippen LogP contribution in [0.2, 0.25) is 0 Å². The van der Waals surface area contributed by atoms with Gasteiger partial charge in [0, 0.05) is 12.1 Å². The summed E-state index contributed by atoms with van der Waals surface area (Å²) in [7, 11) is 0. The second-order valence-electron chi connectivity index (χ2n) is 6.01. The second kappa shape index (κ2) is 8.19. The van der Waals surface area contributed by atoms with Crippen LogP contribution in [0.4, 0.5) is 0 Å². The maximum atomic E-state index is 8.96. The standard InChI is InChI=1S/C17H24N4O2/c22-11-10-21-8-6-14(7-9-21)12-18-13-16-19-20-17(23-16)15-4-2-1-3-5-15/h1-5,14,18,22H,6-13H2. The Kier molecular flexibility index (Phi) is 5.74. The molecule has 0 radical (unpaired) electrons. The number of likely N-dealkylation sites (tertiary alicyclic amines) is 1. The number of β-amino-alcohol motifs (C(OH)–C–C–N with tert-alkyl or cyclic N) is 1. The van der Waals surface area contributed by atoms with E-state index in [0.717, 1.165) is 31.7 Å². The van der Waals surface area contributed by atoms with Crippen LogP contribution < -0.4 is 5.32 Å². The summed E-state index contributed by atoms with van der Waals surface area (Å²) in [6.07, 6.45) is 2.35. The molecule has 0 bridgehead atoms. The molecule has 1 saturated heterocycles. The van der Waals surface area contributed by atoms with Crippen molar-refractivity contribution in [3.8, 4) is 11.5 Å². The molecule has 0 unspecified atom stereocenters. The average molecular weight is 316 g/mol. The molecular weight excluding hydrogens is 292 g/mol. The van der Waals surface area contributed by atoms with Gasteiger partial charge in [-0.2, -0.15) is 0 Å². The molecule has 1 aliphatic rings. The summed E-state index contributed by atoms with van der Waals surface area (Å²) in [6.45, 7) is 4.78. The Morgan fingerprint density at radius 3 is 2.70 bits per heavy atom.